The Bertz CT molecular complexity index is 921. The third-order valence-electron chi connectivity index (χ3n) is 6.39. The van der Waals surface area contributed by atoms with Crippen LogP contribution in [-0.4, -0.2) is 50.6 Å². The topological polar surface area (TPSA) is 92.0 Å². The van der Waals surface area contributed by atoms with Crippen LogP contribution in [0.1, 0.15) is 30.9 Å². The highest BCUT2D eigenvalue weighted by Crippen LogP contribution is 2.44. The van der Waals surface area contributed by atoms with Gasteiger partial charge in [-0.25, -0.2) is 4.79 Å². The standard InChI is InChI=1S/C24H28N2O5/c1-15(25)21(24-29-12-23(2,13-30-24)14-31-24)26-22(27)28-11-20-18-9-5-3-7-16(18)17-8-4-6-10-19(17)20/h3-10,15,20-21H,11-14,25H2,1-2H3,(H,26,27)/t15-,21-,23?,24?/m0/s1. The van der Waals surface area contributed by atoms with Crippen LogP contribution in [0.2, 0.25) is 0 Å². The summed E-state index contributed by atoms with van der Waals surface area (Å²) >= 11 is 0. The maximum Gasteiger partial charge on any atom is 0.407 e. The van der Waals surface area contributed by atoms with Gasteiger partial charge in [0.05, 0.1) is 19.8 Å². The van der Waals surface area contributed by atoms with Crippen molar-refractivity contribution in [2.45, 2.75) is 37.8 Å². The summed E-state index contributed by atoms with van der Waals surface area (Å²) < 4.78 is 23.3. The van der Waals surface area contributed by atoms with Gasteiger partial charge < -0.3 is 30.0 Å². The van der Waals surface area contributed by atoms with Crippen LogP contribution in [0, 0.1) is 5.41 Å². The summed E-state index contributed by atoms with van der Waals surface area (Å²) in [6.07, 6.45) is -0.576. The molecule has 3 heterocycles. The SMILES string of the molecule is C[C@H](N)[C@H](NC(=O)OCC1c2ccccc2-c2ccccc21)C12OCC(C)(CO1)CO2. The van der Waals surface area contributed by atoms with E-state index in [2.05, 4.69) is 29.6 Å². The molecule has 164 valence electrons. The quantitative estimate of drug-likeness (QED) is 0.767. The highest BCUT2D eigenvalue weighted by molar-refractivity contribution is 5.79. The van der Waals surface area contributed by atoms with E-state index in [0.29, 0.717) is 19.8 Å². The molecule has 0 saturated carbocycles. The number of nitrogens with two attached hydrogens (primary N) is 1. The minimum Gasteiger partial charge on any atom is -0.449 e. The third kappa shape index (κ3) is 3.51. The molecule has 0 radical (unpaired) electrons. The van der Waals surface area contributed by atoms with Gasteiger partial charge in [-0.1, -0.05) is 55.5 Å². The van der Waals surface area contributed by atoms with E-state index in [1.165, 1.54) is 11.1 Å². The first-order valence-corrected chi connectivity index (χ1v) is 10.7. The number of nitrogens with one attached hydrogen (secondary N) is 1. The van der Waals surface area contributed by atoms with E-state index in [-0.39, 0.29) is 17.9 Å². The minimum absolute atomic E-state index is 0.0149. The molecule has 2 aromatic carbocycles. The molecule has 1 amide bonds. The molecule has 7 heteroatoms. The monoisotopic (exact) mass is 424 g/mol. The predicted molar refractivity (Wildman–Crippen MR) is 114 cm³/mol. The Balaban J connectivity index is 1.29. The molecule has 2 aromatic rings. The Morgan fingerprint density at radius 1 is 1.06 bits per heavy atom. The highest BCUT2D eigenvalue weighted by Gasteiger charge is 2.56. The number of carbonyl (C=O) groups excluding carboxylic acids is 1. The van der Waals surface area contributed by atoms with Gasteiger partial charge in [-0.15, -0.1) is 0 Å². The van der Waals surface area contributed by atoms with Gasteiger partial charge in [-0.05, 0) is 29.2 Å². The van der Waals surface area contributed by atoms with Crippen molar-refractivity contribution in [3.63, 3.8) is 0 Å². The zero-order valence-corrected chi connectivity index (χ0v) is 17.8. The molecule has 6 rings (SSSR count). The molecule has 1 aliphatic carbocycles. The summed E-state index contributed by atoms with van der Waals surface area (Å²) in [4.78, 5) is 12.8. The van der Waals surface area contributed by atoms with Gasteiger partial charge in [0.25, 0.3) is 0 Å². The molecule has 0 unspecified atom stereocenters. The number of benzene rings is 2. The van der Waals surface area contributed by atoms with Crippen molar-refractivity contribution in [2.24, 2.45) is 11.1 Å². The zero-order chi connectivity index (χ0) is 21.6. The van der Waals surface area contributed by atoms with Crippen LogP contribution in [-0.2, 0) is 18.9 Å². The second kappa shape index (κ2) is 7.60. The van der Waals surface area contributed by atoms with Crippen molar-refractivity contribution in [2.75, 3.05) is 26.4 Å². The first-order chi connectivity index (χ1) is 14.9. The molecule has 0 spiro atoms. The molecule has 2 atom stereocenters. The Kier molecular flexibility index (Phi) is 5.01. The lowest BCUT2D eigenvalue weighted by Crippen LogP contribution is -2.71. The number of amides is 1. The van der Waals surface area contributed by atoms with E-state index in [9.17, 15) is 4.79 Å². The molecular formula is C24H28N2O5. The fourth-order valence-electron chi connectivity index (χ4n) is 4.65. The smallest absolute Gasteiger partial charge is 0.407 e. The van der Waals surface area contributed by atoms with Crippen LogP contribution in [0.25, 0.3) is 11.1 Å². The van der Waals surface area contributed by atoms with Gasteiger partial charge in [-0.3, -0.25) is 0 Å². The fraction of sp³-hybridized carbons (Fsp3) is 0.458. The van der Waals surface area contributed by atoms with Crippen molar-refractivity contribution in [1.82, 2.24) is 5.32 Å². The number of hydrogen-bond acceptors (Lipinski definition) is 6. The molecule has 3 aliphatic heterocycles. The molecule has 4 aliphatic rings. The number of carbonyl (C=O) groups is 1. The van der Waals surface area contributed by atoms with Crippen molar-refractivity contribution in [3.05, 3.63) is 59.7 Å². The van der Waals surface area contributed by atoms with Crippen LogP contribution in [0.15, 0.2) is 48.5 Å². The average Bonchev–Trinajstić information content (AvgIpc) is 3.10. The van der Waals surface area contributed by atoms with E-state index in [0.717, 1.165) is 11.1 Å². The van der Waals surface area contributed by atoms with Gasteiger partial charge in [0, 0.05) is 17.4 Å². The first-order valence-electron chi connectivity index (χ1n) is 10.7. The van der Waals surface area contributed by atoms with Crippen molar-refractivity contribution in [1.29, 1.82) is 0 Å². The summed E-state index contributed by atoms with van der Waals surface area (Å²) in [6, 6.07) is 15.3. The van der Waals surface area contributed by atoms with Gasteiger partial charge in [0.2, 0.25) is 0 Å². The lowest BCUT2D eigenvalue weighted by atomic mass is 9.90. The van der Waals surface area contributed by atoms with E-state index in [1.54, 1.807) is 6.92 Å². The van der Waals surface area contributed by atoms with Crippen molar-refractivity contribution in [3.8, 4) is 11.1 Å². The van der Waals surface area contributed by atoms with Crippen LogP contribution in [0.4, 0.5) is 4.79 Å². The lowest BCUT2D eigenvalue weighted by Gasteiger charge is -2.53. The van der Waals surface area contributed by atoms with Crippen LogP contribution in [0.5, 0.6) is 0 Å². The fourth-order valence-corrected chi connectivity index (χ4v) is 4.65. The lowest BCUT2D eigenvalue weighted by molar-refractivity contribution is -0.474. The molecule has 2 bridgehead atoms. The summed E-state index contributed by atoms with van der Waals surface area (Å²) in [7, 11) is 0. The first kappa shape index (κ1) is 20.5. The summed E-state index contributed by atoms with van der Waals surface area (Å²) in [6.45, 7) is 5.50. The van der Waals surface area contributed by atoms with E-state index < -0.39 is 24.2 Å². The largest absolute Gasteiger partial charge is 0.449 e. The third-order valence-corrected chi connectivity index (χ3v) is 6.39. The number of alkyl carbamates (subject to hydrolysis) is 1. The van der Waals surface area contributed by atoms with Crippen LogP contribution >= 0.6 is 0 Å². The number of fused-ring (bicyclic) bond motifs is 6. The Morgan fingerprint density at radius 3 is 2.10 bits per heavy atom. The van der Waals surface area contributed by atoms with Crippen LogP contribution in [0.3, 0.4) is 0 Å². The normalized spacial score (nSPS) is 28.5. The molecular weight excluding hydrogens is 396 g/mol. The number of hydrogen-bond donors (Lipinski definition) is 2. The minimum atomic E-state index is -1.38. The van der Waals surface area contributed by atoms with E-state index in [4.69, 9.17) is 24.7 Å². The Hall–Kier alpha value is -2.45. The number of rotatable bonds is 5. The Labute approximate surface area is 181 Å². The van der Waals surface area contributed by atoms with Crippen molar-refractivity contribution < 1.29 is 23.7 Å². The zero-order valence-electron chi connectivity index (χ0n) is 17.8. The second-order valence-corrected chi connectivity index (χ2v) is 9.09. The number of ether oxygens (including phenoxy) is 4. The second-order valence-electron chi connectivity index (χ2n) is 9.09. The summed E-state index contributed by atoms with van der Waals surface area (Å²) in [5.74, 6) is -1.39. The summed E-state index contributed by atoms with van der Waals surface area (Å²) in [5, 5.41) is 2.83. The molecule has 31 heavy (non-hydrogen) atoms. The molecule has 0 aromatic heterocycles. The summed E-state index contributed by atoms with van der Waals surface area (Å²) in [5.41, 5.74) is 10.7. The van der Waals surface area contributed by atoms with Gasteiger partial charge in [-0.2, -0.15) is 0 Å². The predicted octanol–water partition coefficient (Wildman–Crippen LogP) is 2.98. The van der Waals surface area contributed by atoms with E-state index in [1.807, 2.05) is 31.2 Å². The van der Waals surface area contributed by atoms with Gasteiger partial charge in [0.1, 0.15) is 12.6 Å². The van der Waals surface area contributed by atoms with Crippen LogP contribution < -0.4 is 11.1 Å². The average molecular weight is 424 g/mol. The Morgan fingerprint density at radius 2 is 1.58 bits per heavy atom. The maximum atomic E-state index is 12.8. The molecule has 3 fully saturated rings. The molecule has 3 N–H and O–H groups in total. The van der Waals surface area contributed by atoms with Gasteiger partial charge in [0.15, 0.2) is 0 Å². The highest BCUT2D eigenvalue weighted by atomic mass is 16.9. The maximum absolute atomic E-state index is 12.8. The molecule has 3 saturated heterocycles. The van der Waals surface area contributed by atoms with Gasteiger partial charge >= 0.3 is 12.1 Å². The van der Waals surface area contributed by atoms with Crippen molar-refractivity contribution >= 4 is 6.09 Å². The molecule has 7 nitrogen and oxygen atoms in total. The van der Waals surface area contributed by atoms with E-state index >= 15 is 0 Å².